The summed E-state index contributed by atoms with van der Waals surface area (Å²) >= 11 is 0. The molecule has 1 nitrogen and oxygen atoms in total. The number of hydrogen-bond acceptors (Lipinski definition) is 1. The highest BCUT2D eigenvalue weighted by Crippen LogP contribution is 2.40. The van der Waals surface area contributed by atoms with Gasteiger partial charge in [-0.25, -0.2) is 0 Å². The second-order valence-electron chi connectivity index (χ2n) is 5.77. The molecule has 0 aromatic heterocycles. The van der Waals surface area contributed by atoms with Crippen molar-refractivity contribution in [2.45, 2.75) is 59.8 Å². The molecule has 1 aliphatic rings. The van der Waals surface area contributed by atoms with Gasteiger partial charge in [-0.3, -0.25) is 0 Å². The lowest BCUT2D eigenvalue weighted by molar-refractivity contribution is 0.241. The van der Waals surface area contributed by atoms with Gasteiger partial charge in [0, 0.05) is 18.8 Å². The van der Waals surface area contributed by atoms with E-state index in [1.54, 1.807) is 0 Å². The normalized spacial score (nSPS) is 25.4. The standard InChI is InChI=1S/C15H29N/c1-6-8-9-15(7-2)10-11-16(12-15)14(5)13(3)4/h13H,5-12H2,1-4H3. The van der Waals surface area contributed by atoms with Gasteiger partial charge in [0.1, 0.15) is 0 Å². The van der Waals surface area contributed by atoms with Gasteiger partial charge >= 0.3 is 0 Å². The van der Waals surface area contributed by atoms with E-state index in [4.69, 9.17) is 0 Å². The van der Waals surface area contributed by atoms with E-state index in [1.807, 2.05) is 0 Å². The maximum Gasteiger partial charge on any atom is 0.0232 e. The predicted octanol–water partition coefficient (Wildman–Crippen LogP) is 4.45. The topological polar surface area (TPSA) is 3.24 Å². The van der Waals surface area contributed by atoms with E-state index in [0.717, 1.165) is 0 Å². The first-order valence-corrected chi connectivity index (χ1v) is 6.98. The van der Waals surface area contributed by atoms with E-state index in [1.165, 1.54) is 50.9 Å². The van der Waals surface area contributed by atoms with Gasteiger partial charge in [-0.15, -0.1) is 0 Å². The lowest BCUT2D eigenvalue weighted by Gasteiger charge is -2.30. The quantitative estimate of drug-likeness (QED) is 0.643. The van der Waals surface area contributed by atoms with Gasteiger partial charge in [-0.1, -0.05) is 47.1 Å². The van der Waals surface area contributed by atoms with Crippen LogP contribution in [-0.4, -0.2) is 18.0 Å². The zero-order valence-corrected chi connectivity index (χ0v) is 11.7. The fraction of sp³-hybridized carbons (Fsp3) is 0.867. The Morgan fingerprint density at radius 2 is 2.06 bits per heavy atom. The summed E-state index contributed by atoms with van der Waals surface area (Å²) in [6.07, 6.45) is 6.81. The molecule has 1 fully saturated rings. The van der Waals surface area contributed by atoms with Crippen LogP contribution in [0.4, 0.5) is 0 Å². The molecule has 1 saturated heterocycles. The van der Waals surface area contributed by atoms with E-state index in [2.05, 4.69) is 39.2 Å². The number of unbranched alkanes of at least 4 members (excludes halogenated alkanes) is 1. The van der Waals surface area contributed by atoms with Gasteiger partial charge in [0.15, 0.2) is 0 Å². The lowest BCUT2D eigenvalue weighted by atomic mass is 9.79. The van der Waals surface area contributed by atoms with Crippen LogP contribution >= 0.6 is 0 Å². The number of hydrogen-bond donors (Lipinski definition) is 0. The van der Waals surface area contributed by atoms with Gasteiger partial charge < -0.3 is 4.90 Å². The van der Waals surface area contributed by atoms with Crippen molar-refractivity contribution >= 4 is 0 Å². The fourth-order valence-corrected chi connectivity index (χ4v) is 2.77. The van der Waals surface area contributed by atoms with Crippen LogP contribution < -0.4 is 0 Å². The molecule has 0 saturated carbocycles. The minimum absolute atomic E-state index is 0.591. The van der Waals surface area contributed by atoms with Crippen molar-refractivity contribution in [3.8, 4) is 0 Å². The van der Waals surface area contributed by atoms with Crippen LogP contribution in [0.2, 0.25) is 0 Å². The Morgan fingerprint density at radius 3 is 2.56 bits per heavy atom. The van der Waals surface area contributed by atoms with Gasteiger partial charge in [0.2, 0.25) is 0 Å². The third-order valence-electron chi connectivity index (χ3n) is 4.32. The van der Waals surface area contributed by atoms with E-state index in [9.17, 15) is 0 Å². The summed E-state index contributed by atoms with van der Waals surface area (Å²) in [6, 6.07) is 0. The average Bonchev–Trinajstić information content (AvgIpc) is 2.70. The van der Waals surface area contributed by atoms with Crippen molar-refractivity contribution in [1.29, 1.82) is 0 Å². The maximum absolute atomic E-state index is 4.24. The Labute approximate surface area is 102 Å². The smallest absolute Gasteiger partial charge is 0.0232 e. The summed E-state index contributed by atoms with van der Waals surface area (Å²) in [5.74, 6) is 0.596. The molecule has 0 aromatic carbocycles. The number of likely N-dealkylation sites (tertiary alicyclic amines) is 1. The number of rotatable bonds is 6. The van der Waals surface area contributed by atoms with Gasteiger partial charge in [-0.05, 0) is 30.6 Å². The van der Waals surface area contributed by atoms with Crippen molar-refractivity contribution in [3.63, 3.8) is 0 Å². The van der Waals surface area contributed by atoms with Crippen LogP contribution in [0.15, 0.2) is 12.3 Å². The molecule has 1 heterocycles. The summed E-state index contributed by atoms with van der Waals surface area (Å²) in [5.41, 5.74) is 1.93. The molecular weight excluding hydrogens is 194 g/mol. The molecular formula is C15H29N. The largest absolute Gasteiger partial charge is 0.375 e. The molecule has 1 atom stereocenters. The summed E-state index contributed by atoms with van der Waals surface area (Å²) < 4.78 is 0. The number of allylic oxidation sites excluding steroid dienone is 1. The van der Waals surface area contributed by atoms with Crippen molar-refractivity contribution in [2.75, 3.05) is 13.1 Å². The van der Waals surface area contributed by atoms with Crippen molar-refractivity contribution < 1.29 is 0 Å². The Bertz CT molecular complexity index is 232. The van der Waals surface area contributed by atoms with E-state index in [0.29, 0.717) is 11.3 Å². The van der Waals surface area contributed by atoms with E-state index in [-0.39, 0.29) is 0 Å². The molecule has 16 heavy (non-hydrogen) atoms. The second kappa shape index (κ2) is 5.75. The summed E-state index contributed by atoms with van der Waals surface area (Å²) in [5, 5.41) is 0. The van der Waals surface area contributed by atoms with Crippen molar-refractivity contribution in [2.24, 2.45) is 11.3 Å². The predicted molar refractivity (Wildman–Crippen MR) is 72.4 cm³/mol. The third-order valence-corrected chi connectivity index (χ3v) is 4.32. The third kappa shape index (κ3) is 3.02. The summed E-state index contributed by atoms with van der Waals surface area (Å²) in [4.78, 5) is 2.53. The van der Waals surface area contributed by atoms with E-state index >= 15 is 0 Å². The van der Waals surface area contributed by atoms with Crippen LogP contribution in [0, 0.1) is 11.3 Å². The van der Waals surface area contributed by atoms with Crippen LogP contribution in [0.3, 0.4) is 0 Å². The Balaban J connectivity index is 2.56. The van der Waals surface area contributed by atoms with Crippen LogP contribution in [0.1, 0.15) is 59.8 Å². The summed E-state index contributed by atoms with van der Waals surface area (Å²) in [6.45, 7) is 15.9. The van der Waals surface area contributed by atoms with Crippen molar-refractivity contribution in [1.82, 2.24) is 4.90 Å². The molecule has 0 amide bonds. The molecule has 0 aromatic rings. The Kier molecular flexibility index (Phi) is 4.89. The monoisotopic (exact) mass is 223 g/mol. The second-order valence-corrected chi connectivity index (χ2v) is 5.77. The molecule has 94 valence electrons. The first-order chi connectivity index (χ1) is 7.54. The summed E-state index contributed by atoms with van der Waals surface area (Å²) in [7, 11) is 0. The highest BCUT2D eigenvalue weighted by atomic mass is 15.2. The van der Waals surface area contributed by atoms with Crippen LogP contribution in [0.25, 0.3) is 0 Å². The van der Waals surface area contributed by atoms with Gasteiger partial charge in [-0.2, -0.15) is 0 Å². The Morgan fingerprint density at radius 1 is 1.38 bits per heavy atom. The minimum Gasteiger partial charge on any atom is -0.375 e. The zero-order valence-electron chi connectivity index (χ0n) is 11.7. The van der Waals surface area contributed by atoms with Crippen molar-refractivity contribution in [3.05, 3.63) is 12.3 Å². The molecule has 1 rings (SSSR count). The molecule has 0 bridgehead atoms. The molecule has 1 unspecified atom stereocenters. The SMILES string of the molecule is C=C(C(C)C)N1CCC(CC)(CCCC)C1. The fourth-order valence-electron chi connectivity index (χ4n) is 2.77. The minimum atomic E-state index is 0.591. The molecule has 0 aliphatic carbocycles. The highest BCUT2D eigenvalue weighted by molar-refractivity contribution is 5.03. The van der Waals surface area contributed by atoms with Gasteiger partial charge in [0.25, 0.3) is 0 Å². The first kappa shape index (κ1) is 13.6. The van der Waals surface area contributed by atoms with Crippen LogP contribution in [0.5, 0.6) is 0 Å². The first-order valence-electron chi connectivity index (χ1n) is 6.98. The zero-order chi connectivity index (χ0) is 12.2. The Hall–Kier alpha value is -0.460. The molecule has 1 aliphatic heterocycles. The molecule has 1 heteroatoms. The number of nitrogens with zero attached hydrogens (tertiary/aromatic N) is 1. The lowest BCUT2D eigenvalue weighted by Crippen LogP contribution is -2.27. The van der Waals surface area contributed by atoms with Crippen LogP contribution in [-0.2, 0) is 0 Å². The highest BCUT2D eigenvalue weighted by Gasteiger charge is 2.36. The molecule has 0 radical (unpaired) electrons. The van der Waals surface area contributed by atoms with Gasteiger partial charge in [0.05, 0.1) is 0 Å². The van der Waals surface area contributed by atoms with E-state index < -0.39 is 0 Å². The average molecular weight is 223 g/mol. The molecule has 0 spiro atoms. The molecule has 0 N–H and O–H groups in total. The maximum atomic E-state index is 4.24.